The molecule has 1 unspecified atom stereocenters. The lowest BCUT2D eigenvalue weighted by atomic mass is 10.1. The van der Waals surface area contributed by atoms with E-state index in [1.54, 1.807) is 0 Å². The van der Waals surface area contributed by atoms with Crippen molar-refractivity contribution in [2.24, 2.45) is 9.98 Å². The monoisotopic (exact) mass is 405 g/mol. The normalized spacial score (nSPS) is 22.1. The van der Waals surface area contributed by atoms with Gasteiger partial charge >= 0.3 is 5.63 Å². The molecule has 7 heteroatoms. The van der Waals surface area contributed by atoms with E-state index >= 15 is 0 Å². The van der Waals surface area contributed by atoms with Crippen molar-refractivity contribution in [2.45, 2.75) is 25.8 Å². The smallest absolute Gasteiger partial charge is 0.339 e. The molecule has 5 rings (SSSR count). The van der Waals surface area contributed by atoms with Gasteiger partial charge in [-0.3, -0.25) is 0 Å². The van der Waals surface area contributed by atoms with Crippen LogP contribution < -0.4 is 10.5 Å². The van der Waals surface area contributed by atoms with Crippen molar-refractivity contribution in [1.29, 1.82) is 0 Å². The van der Waals surface area contributed by atoms with Crippen molar-refractivity contribution in [2.75, 3.05) is 44.7 Å². The summed E-state index contributed by atoms with van der Waals surface area (Å²) in [6.07, 6.45) is 5.70. The van der Waals surface area contributed by atoms with E-state index in [0.29, 0.717) is 24.1 Å². The van der Waals surface area contributed by atoms with Crippen LogP contribution in [-0.2, 0) is 6.42 Å². The predicted molar refractivity (Wildman–Crippen MR) is 121 cm³/mol. The van der Waals surface area contributed by atoms with Gasteiger partial charge in [0.15, 0.2) is 0 Å². The maximum Gasteiger partial charge on any atom is 0.339 e. The van der Waals surface area contributed by atoms with Gasteiger partial charge in [0.25, 0.3) is 0 Å². The quantitative estimate of drug-likeness (QED) is 0.734. The Balaban J connectivity index is 1.37. The lowest BCUT2D eigenvalue weighted by Crippen LogP contribution is -2.35. The number of allylic oxidation sites excluding steroid dienone is 1. The summed E-state index contributed by atoms with van der Waals surface area (Å²) in [4.78, 5) is 28.5. The summed E-state index contributed by atoms with van der Waals surface area (Å²) < 4.78 is 5.75. The Morgan fingerprint density at radius 2 is 2.07 bits per heavy atom. The molecule has 1 saturated heterocycles. The van der Waals surface area contributed by atoms with Gasteiger partial charge in [-0.25, -0.2) is 14.8 Å². The van der Waals surface area contributed by atoms with Gasteiger partial charge in [0, 0.05) is 60.7 Å². The highest BCUT2D eigenvalue weighted by Gasteiger charge is 2.28. The lowest BCUT2D eigenvalue weighted by Gasteiger charge is -2.24. The van der Waals surface area contributed by atoms with Gasteiger partial charge in [0.1, 0.15) is 5.58 Å². The first kappa shape index (κ1) is 19.1. The van der Waals surface area contributed by atoms with Crippen LogP contribution in [0.1, 0.15) is 18.9 Å². The Morgan fingerprint density at radius 3 is 2.97 bits per heavy atom. The topological polar surface area (TPSA) is 64.7 Å². The second kappa shape index (κ2) is 7.72. The minimum absolute atomic E-state index is 0.0989. The van der Waals surface area contributed by atoms with Gasteiger partial charge in [0.05, 0.1) is 12.6 Å². The van der Waals surface area contributed by atoms with Crippen LogP contribution in [0.4, 0.5) is 5.69 Å². The SMILES string of the molecule is CC1=NC2=NCC(Cc3cc4ccc(N5CCCN(C)CC5)cc4oc3=O)N2C=C1. The molecule has 0 saturated carbocycles. The Morgan fingerprint density at radius 1 is 1.17 bits per heavy atom. The highest BCUT2D eigenvalue weighted by molar-refractivity contribution is 6.05. The zero-order valence-electron chi connectivity index (χ0n) is 17.5. The van der Waals surface area contributed by atoms with Gasteiger partial charge in [0.2, 0.25) is 5.96 Å². The summed E-state index contributed by atoms with van der Waals surface area (Å²) in [7, 11) is 2.16. The summed E-state index contributed by atoms with van der Waals surface area (Å²) in [5, 5.41) is 0.961. The number of likely N-dealkylation sites (N-methyl/N-ethyl adjacent to an activating group) is 1. The van der Waals surface area contributed by atoms with Gasteiger partial charge in [-0.1, -0.05) is 0 Å². The maximum atomic E-state index is 12.7. The van der Waals surface area contributed by atoms with E-state index in [0.717, 1.165) is 55.3 Å². The number of guanidine groups is 1. The average molecular weight is 406 g/mol. The van der Waals surface area contributed by atoms with Crippen molar-refractivity contribution in [3.05, 3.63) is 52.5 Å². The molecule has 0 aliphatic carbocycles. The number of hydrogen-bond acceptors (Lipinski definition) is 7. The van der Waals surface area contributed by atoms with Crippen molar-refractivity contribution in [3.8, 4) is 0 Å². The van der Waals surface area contributed by atoms with Crippen LogP contribution in [0.3, 0.4) is 0 Å². The van der Waals surface area contributed by atoms with Gasteiger partial charge < -0.3 is 19.1 Å². The molecule has 2 aromatic rings. The fourth-order valence-corrected chi connectivity index (χ4v) is 4.39. The molecule has 3 aliphatic rings. The number of rotatable bonds is 3. The van der Waals surface area contributed by atoms with E-state index in [1.807, 2.05) is 31.3 Å². The van der Waals surface area contributed by atoms with E-state index in [2.05, 4.69) is 43.9 Å². The molecule has 0 radical (unpaired) electrons. The van der Waals surface area contributed by atoms with Crippen molar-refractivity contribution >= 4 is 28.3 Å². The molecular formula is C23H27N5O2. The molecule has 3 aliphatic heterocycles. The van der Waals surface area contributed by atoms with Crippen molar-refractivity contribution in [1.82, 2.24) is 9.80 Å². The zero-order chi connectivity index (χ0) is 20.7. The first-order chi connectivity index (χ1) is 14.6. The highest BCUT2D eigenvalue weighted by atomic mass is 16.4. The minimum atomic E-state index is -0.260. The summed E-state index contributed by atoms with van der Waals surface area (Å²) in [6, 6.07) is 8.28. The fraction of sp³-hybridized carbons (Fsp3) is 0.435. The molecule has 7 nitrogen and oxygen atoms in total. The molecule has 1 aromatic carbocycles. The number of anilines is 1. The summed E-state index contributed by atoms with van der Waals surface area (Å²) in [5.41, 5.74) is 3.15. The molecule has 4 heterocycles. The van der Waals surface area contributed by atoms with E-state index < -0.39 is 0 Å². The van der Waals surface area contributed by atoms with E-state index in [9.17, 15) is 4.79 Å². The second-order valence-corrected chi connectivity index (χ2v) is 8.40. The van der Waals surface area contributed by atoms with Crippen LogP contribution in [0.5, 0.6) is 0 Å². The van der Waals surface area contributed by atoms with E-state index in [4.69, 9.17) is 4.42 Å². The molecule has 0 bridgehead atoms. The summed E-state index contributed by atoms with van der Waals surface area (Å²) in [5.74, 6) is 0.734. The molecule has 0 N–H and O–H groups in total. The predicted octanol–water partition coefficient (Wildman–Crippen LogP) is 2.51. The summed E-state index contributed by atoms with van der Waals surface area (Å²) in [6.45, 7) is 6.76. The fourth-order valence-electron chi connectivity index (χ4n) is 4.39. The number of hydrogen-bond donors (Lipinski definition) is 0. The zero-order valence-corrected chi connectivity index (χ0v) is 17.5. The third kappa shape index (κ3) is 3.65. The van der Waals surface area contributed by atoms with Gasteiger partial charge in [-0.05, 0) is 51.2 Å². The van der Waals surface area contributed by atoms with Crippen molar-refractivity contribution < 1.29 is 4.42 Å². The largest absolute Gasteiger partial charge is 0.422 e. The first-order valence-corrected chi connectivity index (χ1v) is 10.6. The van der Waals surface area contributed by atoms with Crippen LogP contribution in [0.2, 0.25) is 0 Å². The number of nitrogens with zero attached hydrogens (tertiary/aromatic N) is 5. The molecular weight excluding hydrogens is 378 g/mol. The van der Waals surface area contributed by atoms with Gasteiger partial charge in [-0.2, -0.15) is 0 Å². The standard InChI is InChI=1S/C23H27N5O2/c1-16-6-9-28-20(15-24-23(28)25-16)13-18-12-17-4-5-19(14-21(17)30-22(18)29)27-8-3-7-26(2)10-11-27/h4-6,9,12,14,20H,3,7-8,10-11,13,15H2,1-2H3. The molecule has 1 atom stereocenters. The van der Waals surface area contributed by atoms with Crippen LogP contribution in [0, 0.1) is 0 Å². The Bertz CT molecular complexity index is 1120. The number of aliphatic imine (C=N–C) groups is 2. The third-order valence-corrected chi connectivity index (χ3v) is 6.15. The molecule has 30 heavy (non-hydrogen) atoms. The van der Waals surface area contributed by atoms with E-state index in [-0.39, 0.29) is 11.7 Å². The number of fused-ring (bicyclic) bond motifs is 2. The lowest BCUT2D eigenvalue weighted by molar-refractivity contribution is 0.360. The Kier molecular flexibility index (Phi) is 4.90. The summed E-state index contributed by atoms with van der Waals surface area (Å²) >= 11 is 0. The minimum Gasteiger partial charge on any atom is -0.422 e. The molecule has 1 aromatic heterocycles. The average Bonchev–Trinajstić information content (AvgIpc) is 2.98. The second-order valence-electron chi connectivity index (χ2n) is 8.40. The maximum absolute atomic E-state index is 12.7. The Hall–Kier alpha value is -2.93. The molecule has 156 valence electrons. The van der Waals surface area contributed by atoms with Crippen LogP contribution in [0.15, 0.2) is 55.7 Å². The Labute approximate surface area is 176 Å². The molecule has 0 spiro atoms. The van der Waals surface area contributed by atoms with Crippen LogP contribution >= 0.6 is 0 Å². The molecule has 1 fully saturated rings. The highest BCUT2D eigenvalue weighted by Crippen LogP contribution is 2.25. The molecule has 0 amide bonds. The van der Waals surface area contributed by atoms with Crippen molar-refractivity contribution in [3.63, 3.8) is 0 Å². The van der Waals surface area contributed by atoms with Crippen LogP contribution in [-0.4, -0.2) is 67.3 Å². The van der Waals surface area contributed by atoms with Gasteiger partial charge in [-0.15, -0.1) is 0 Å². The number of benzene rings is 1. The van der Waals surface area contributed by atoms with Crippen LogP contribution in [0.25, 0.3) is 11.0 Å². The third-order valence-electron chi connectivity index (χ3n) is 6.15. The first-order valence-electron chi connectivity index (χ1n) is 10.6. The van der Waals surface area contributed by atoms with E-state index in [1.165, 1.54) is 0 Å².